The fourth-order valence-electron chi connectivity index (χ4n) is 1.61. The zero-order valence-electron chi connectivity index (χ0n) is 11.6. The number of benzene rings is 1. The first-order valence-electron chi connectivity index (χ1n) is 6.10. The molecule has 0 aliphatic rings. The van der Waals surface area contributed by atoms with Gasteiger partial charge in [0.2, 0.25) is 0 Å². The second-order valence-electron chi connectivity index (χ2n) is 4.62. The summed E-state index contributed by atoms with van der Waals surface area (Å²) >= 11 is 2.20. The molecule has 1 N–H and O–H groups in total. The van der Waals surface area contributed by atoms with Crippen molar-refractivity contribution in [2.45, 2.75) is 19.9 Å². The molecule has 1 aromatic rings. The smallest absolute Gasteiger partial charge is 0.311 e. The molecule has 0 spiro atoms. The van der Waals surface area contributed by atoms with E-state index in [1.165, 1.54) is 25.3 Å². The predicted octanol–water partition coefficient (Wildman–Crippen LogP) is 2.79. The number of nitrogens with one attached hydrogen (secondary N) is 1. The largest absolute Gasteiger partial charge is 0.490 e. The molecule has 1 unspecified atom stereocenters. The van der Waals surface area contributed by atoms with Crippen molar-refractivity contribution in [2.75, 3.05) is 11.5 Å². The maximum Gasteiger partial charge on any atom is 0.311 e. The van der Waals surface area contributed by atoms with Gasteiger partial charge in [-0.25, -0.2) is 0 Å². The zero-order chi connectivity index (χ0) is 15.3. The van der Waals surface area contributed by atoms with E-state index in [4.69, 9.17) is 4.74 Å². The number of nitro benzene ring substituents is 1. The molecule has 1 aromatic carbocycles. The first-order chi connectivity index (χ1) is 9.40. The van der Waals surface area contributed by atoms with Gasteiger partial charge in [-0.15, -0.1) is 0 Å². The number of carbonyl (C=O) groups is 1. The quantitative estimate of drug-likeness (QED) is 0.349. The Bertz CT molecular complexity index is 505. The van der Waals surface area contributed by atoms with Gasteiger partial charge in [0.05, 0.1) is 12.0 Å². The average Bonchev–Trinajstić information content (AvgIpc) is 2.43. The summed E-state index contributed by atoms with van der Waals surface area (Å²) in [7, 11) is 1.35. The molecule has 1 amide bonds. The summed E-state index contributed by atoms with van der Waals surface area (Å²) in [4.78, 5) is 22.5. The van der Waals surface area contributed by atoms with Crippen LogP contribution in [0.4, 0.5) is 5.69 Å². The molecular weight excluding hydrogens is 375 g/mol. The molecule has 7 heteroatoms. The van der Waals surface area contributed by atoms with Crippen molar-refractivity contribution >= 4 is 34.2 Å². The molecule has 0 bridgehead atoms. The highest BCUT2D eigenvalue weighted by molar-refractivity contribution is 14.1. The molecule has 1 atom stereocenters. The monoisotopic (exact) mass is 392 g/mol. The number of rotatable bonds is 6. The first-order valence-corrected chi connectivity index (χ1v) is 7.62. The van der Waals surface area contributed by atoms with Gasteiger partial charge in [-0.2, -0.15) is 0 Å². The normalized spacial score (nSPS) is 12.1. The summed E-state index contributed by atoms with van der Waals surface area (Å²) in [6.45, 7) is 4.03. The van der Waals surface area contributed by atoms with E-state index in [2.05, 4.69) is 27.9 Å². The minimum absolute atomic E-state index is 0.0317. The summed E-state index contributed by atoms with van der Waals surface area (Å²) in [6.07, 6.45) is 0. The highest BCUT2D eigenvalue weighted by Crippen LogP contribution is 2.27. The van der Waals surface area contributed by atoms with Gasteiger partial charge < -0.3 is 10.1 Å². The Balaban J connectivity index is 2.99. The highest BCUT2D eigenvalue weighted by Gasteiger charge is 2.20. The second-order valence-corrected chi connectivity index (χ2v) is 5.50. The Hall–Kier alpha value is -1.38. The van der Waals surface area contributed by atoms with E-state index >= 15 is 0 Å². The number of nitro groups is 1. The van der Waals surface area contributed by atoms with Crippen LogP contribution in [0.2, 0.25) is 0 Å². The molecule has 0 radical (unpaired) electrons. The van der Waals surface area contributed by atoms with Crippen LogP contribution in [0.15, 0.2) is 18.2 Å². The van der Waals surface area contributed by atoms with Gasteiger partial charge in [-0.05, 0) is 18.1 Å². The molecule has 1 rings (SSSR count). The van der Waals surface area contributed by atoms with Gasteiger partial charge in [0.25, 0.3) is 5.91 Å². The van der Waals surface area contributed by atoms with E-state index in [0.717, 1.165) is 4.43 Å². The number of halogens is 1. The Morgan fingerprint density at radius 1 is 1.50 bits per heavy atom. The molecule has 0 aromatic heterocycles. The van der Waals surface area contributed by atoms with Crippen LogP contribution in [0.3, 0.4) is 0 Å². The number of amides is 1. The number of hydrogen-bond donors (Lipinski definition) is 1. The van der Waals surface area contributed by atoms with E-state index in [-0.39, 0.29) is 28.9 Å². The van der Waals surface area contributed by atoms with Crippen LogP contribution in [0.25, 0.3) is 0 Å². The first kappa shape index (κ1) is 16.7. The Morgan fingerprint density at radius 3 is 2.60 bits per heavy atom. The van der Waals surface area contributed by atoms with Gasteiger partial charge in [0.15, 0.2) is 5.75 Å². The Labute approximate surface area is 131 Å². The van der Waals surface area contributed by atoms with Crippen molar-refractivity contribution in [3.8, 4) is 5.75 Å². The van der Waals surface area contributed by atoms with Crippen molar-refractivity contribution in [1.29, 1.82) is 0 Å². The van der Waals surface area contributed by atoms with Crippen LogP contribution in [0.5, 0.6) is 5.75 Å². The van der Waals surface area contributed by atoms with Crippen LogP contribution < -0.4 is 10.1 Å². The molecule has 110 valence electrons. The number of hydrogen-bond acceptors (Lipinski definition) is 4. The van der Waals surface area contributed by atoms with Crippen LogP contribution in [0.1, 0.15) is 24.2 Å². The van der Waals surface area contributed by atoms with E-state index in [1.807, 2.05) is 13.8 Å². The third kappa shape index (κ3) is 4.06. The molecule has 6 nitrogen and oxygen atoms in total. The lowest BCUT2D eigenvalue weighted by molar-refractivity contribution is -0.385. The van der Waals surface area contributed by atoms with E-state index in [1.54, 1.807) is 0 Å². The second kappa shape index (κ2) is 7.41. The molecule has 0 saturated carbocycles. The Morgan fingerprint density at radius 2 is 2.15 bits per heavy atom. The van der Waals surface area contributed by atoms with Gasteiger partial charge in [0, 0.05) is 22.1 Å². The number of carbonyl (C=O) groups excluding carboxylic acids is 1. The van der Waals surface area contributed by atoms with Gasteiger partial charge in [-0.3, -0.25) is 14.9 Å². The Kier molecular flexibility index (Phi) is 6.18. The standard InChI is InChI=1S/C13H17IN2O4/c1-8(2)10(7-14)15-13(17)9-4-5-12(20-3)11(6-9)16(18)19/h4-6,8,10H,7H2,1-3H3,(H,15,17). The fourth-order valence-corrected chi connectivity index (χ4v) is 2.85. The van der Waals surface area contributed by atoms with Crippen molar-refractivity contribution in [2.24, 2.45) is 5.92 Å². The molecule has 0 aliphatic carbocycles. The number of nitrogens with zero attached hydrogens (tertiary/aromatic N) is 1. The summed E-state index contributed by atoms with van der Waals surface area (Å²) in [5.74, 6) is 0.121. The maximum atomic E-state index is 12.1. The minimum atomic E-state index is -0.562. The molecule has 20 heavy (non-hydrogen) atoms. The summed E-state index contributed by atoms with van der Waals surface area (Å²) in [6, 6.07) is 4.22. The van der Waals surface area contributed by atoms with E-state index in [9.17, 15) is 14.9 Å². The summed E-state index contributed by atoms with van der Waals surface area (Å²) in [5, 5.41) is 13.8. The zero-order valence-corrected chi connectivity index (χ0v) is 13.7. The van der Waals surface area contributed by atoms with Crippen LogP contribution in [-0.4, -0.2) is 28.4 Å². The summed E-state index contributed by atoms with van der Waals surface area (Å²) in [5.41, 5.74) is 0.0451. The van der Waals surface area contributed by atoms with E-state index in [0.29, 0.717) is 5.92 Å². The van der Waals surface area contributed by atoms with Crippen molar-refractivity contribution in [3.05, 3.63) is 33.9 Å². The molecular formula is C13H17IN2O4. The lowest BCUT2D eigenvalue weighted by Gasteiger charge is -2.19. The van der Waals surface area contributed by atoms with Crippen LogP contribution in [-0.2, 0) is 0 Å². The lowest BCUT2D eigenvalue weighted by Crippen LogP contribution is -2.39. The predicted molar refractivity (Wildman–Crippen MR) is 84.6 cm³/mol. The number of alkyl halides is 1. The van der Waals surface area contributed by atoms with Crippen LogP contribution >= 0.6 is 22.6 Å². The maximum absolute atomic E-state index is 12.1. The number of methoxy groups -OCH3 is 1. The highest BCUT2D eigenvalue weighted by atomic mass is 127. The topological polar surface area (TPSA) is 81.5 Å². The van der Waals surface area contributed by atoms with Gasteiger partial charge in [0.1, 0.15) is 0 Å². The van der Waals surface area contributed by atoms with Gasteiger partial charge >= 0.3 is 5.69 Å². The molecule has 0 fully saturated rings. The average molecular weight is 392 g/mol. The summed E-state index contributed by atoms with van der Waals surface area (Å²) < 4.78 is 5.68. The lowest BCUT2D eigenvalue weighted by atomic mass is 10.1. The van der Waals surface area contributed by atoms with E-state index < -0.39 is 4.92 Å². The SMILES string of the molecule is COc1ccc(C(=O)NC(CI)C(C)C)cc1[N+](=O)[O-]. The molecule has 0 heterocycles. The number of ether oxygens (including phenoxy) is 1. The van der Waals surface area contributed by atoms with Crippen molar-refractivity contribution < 1.29 is 14.5 Å². The van der Waals surface area contributed by atoms with Crippen molar-refractivity contribution in [1.82, 2.24) is 5.32 Å². The third-order valence-electron chi connectivity index (χ3n) is 2.93. The minimum Gasteiger partial charge on any atom is -0.490 e. The van der Waals surface area contributed by atoms with Crippen LogP contribution in [0, 0.1) is 16.0 Å². The third-order valence-corrected chi connectivity index (χ3v) is 3.87. The molecule has 0 saturated heterocycles. The fraction of sp³-hybridized carbons (Fsp3) is 0.462. The van der Waals surface area contributed by atoms with Crippen molar-refractivity contribution in [3.63, 3.8) is 0 Å². The molecule has 0 aliphatic heterocycles. The van der Waals surface area contributed by atoms with Gasteiger partial charge in [-0.1, -0.05) is 36.4 Å².